The van der Waals surface area contributed by atoms with Gasteiger partial charge in [0.15, 0.2) is 0 Å². The number of aromatic nitrogens is 1. The van der Waals surface area contributed by atoms with Gasteiger partial charge in [0.1, 0.15) is 11.3 Å². The summed E-state index contributed by atoms with van der Waals surface area (Å²) in [6, 6.07) is 4.63. The maximum atomic E-state index is 14.0. The SMILES string of the molecule is CC(C)(C)OC(=O)c1cc(C2=CC(c3cc(Cl)cc(Cl)c3)(C(F)(F)F)ON2)no1. The molecule has 1 N–H and O–H groups in total. The first kappa shape index (κ1) is 21.5. The van der Waals surface area contributed by atoms with E-state index in [-0.39, 0.29) is 32.8 Å². The number of hydrogen-bond donors (Lipinski definition) is 1. The molecule has 1 atom stereocenters. The number of nitrogens with zero attached hydrogens (tertiary/aromatic N) is 1. The Labute approximate surface area is 173 Å². The second kappa shape index (κ2) is 7.23. The maximum absolute atomic E-state index is 14.0. The highest BCUT2D eigenvalue weighted by Gasteiger charge is 2.60. The van der Waals surface area contributed by atoms with Gasteiger partial charge < -0.3 is 9.26 Å². The first-order valence-corrected chi connectivity index (χ1v) is 8.97. The Bertz CT molecular complexity index is 962. The molecule has 6 nitrogen and oxygen atoms in total. The molecule has 0 saturated carbocycles. The summed E-state index contributed by atoms with van der Waals surface area (Å²) in [5, 5.41) is 3.64. The van der Waals surface area contributed by atoms with Gasteiger partial charge in [-0.15, -0.1) is 0 Å². The average molecular weight is 451 g/mol. The molecule has 2 heterocycles. The monoisotopic (exact) mass is 450 g/mol. The minimum atomic E-state index is -4.87. The van der Waals surface area contributed by atoms with Crippen LogP contribution in [0.25, 0.3) is 5.70 Å². The highest BCUT2D eigenvalue weighted by atomic mass is 35.5. The van der Waals surface area contributed by atoms with Crippen LogP contribution in [0.2, 0.25) is 10.0 Å². The van der Waals surface area contributed by atoms with E-state index in [2.05, 4.69) is 10.6 Å². The van der Waals surface area contributed by atoms with Crippen LogP contribution in [-0.4, -0.2) is 22.9 Å². The molecule has 29 heavy (non-hydrogen) atoms. The van der Waals surface area contributed by atoms with Crippen LogP contribution >= 0.6 is 23.2 Å². The van der Waals surface area contributed by atoms with E-state index in [1.165, 1.54) is 6.07 Å². The number of carbonyl (C=O) groups excluding carboxylic acids is 1. The van der Waals surface area contributed by atoms with Crippen molar-refractivity contribution >= 4 is 34.9 Å². The zero-order chi connectivity index (χ0) is 21.6. The third-order valence-corrected chi connectivity index (χ3v) is 4.20. The van der Waals surface area contributed by atoms with Crippen molar-refractivity contribution in [1.82, 2.24) is 10.6 Å². The van der Waals surface area contributed by atoms with Crippen LogP contribution in [0, 0.1) is 0 Å². The van der Waals surface area contributed by atoms with E-state index in [9.17, 15) is 18.0 Å². The fraction of sp³-hybridized carbons (Fsp3) is 0.333. The molecule has 0 spiro atoms. The van der Waals surface area contributed by atoms with Gasteiger partial charge in [-0.05, 0) is 45.0 Å². The molecule has 1 unspecified atom stereocenters. The first-order chi connectivity index (χ1) is 13.3. The molecule has 0 radical (unpaired) electrons. The van der Waals surface area contributed by atoms with Crippen LogP contribution in [0.15, 0.2) is 34.9 Å². The van der Waals surface area contributed by atoms with E-state index in [1.54, 1.807) is 20.8 Å². The number of benzene rings is 1. The van der Waals surface area contributed by atoms with Gasteiger partial charge in [-0.1, -0.05) is 28.4 Å². The van der Waals surface area contributed by atoms with Crippen molar-refractivity contribution in [1.29, 1.82) is 0 Å². The molecule has 0 amide bonds. The molecule has 3 rings (SSSR count). The van der Waals surface area contributed by atoms with Crippen molar-refractivity contribution in [3.05, 3.63) is 57.4 Å². The molecule has 1 aliphatic heterocycles. The summed E-state index contributed by atoms with van der Waals surface area (Å²) in [5.74, 6) is -1.08. The van der Waals surface area contributed by atoms with E-state index in [1.807, 2.05) is 0 Å². The summed E-state index contributed by atoms with van der Waals surface area (Å²) < 4.78 is 51.9. The minimum Gasteiger partial charge on any atom is -0.454 e. The van der Waals surface area contributed by atoms with E-state index in [0.717, 1.165) is 24.3 Å². The summed E-state index contributed by atoms with van der Waals surface area (Å²) >= 11 is 11.7. The predicted molar refractivity (Wildman–Crippen MR) is 98.1 cm³/mol. The number of rotatable bonds is 3. The Morgan fingerprint density at radius 3 is 2.31 bits per heavy atom. The standard InChI is InChI=1S/C18H15Cl2F3N2O4/c1-16(2,3)27-15(26)14-7-12(24-28-14)13-8-17(29-25-13,18(21,22)23)9-4-10(19)6-11(20)5-9/h4-8,25H,1-3H3. The van der Waals surface area contributed by atoms with Crippen molar-refractivity contribution < 1.29 is 32.1 Å². The average Bonchev–Trinajstić information content (AvgIpc) is 3.19. The number of esters is 1. The van der Waals surface area contributed by atoms with Crippen LogP contribution in [0.3, 0.4) is 0 Å². The number of nitrogens with one attached hydrogen (secondary N) is 1. The molecule has 2 aromatic rings. The number of halogens is 5. The zero-order valence-electron chi connectivity index (χ0n) is 15.4. The van der Waals surface area contributed by atoms with Crippen molar-refractivity contribution in [3.63, 3.8) is 0 Å². The van der Waals surface area contributed by atoms with Crippen LogP contribution in [-0.2, 0) is 15.2 Å². The minimum absolute atomic E-state index is 0.00947. The van der Waals surface area contributed by atoms with Gasteiger partial charge in [0.25, 0.3) is 0 Å². The zero-order valence-corrected chi connectivity index (χ0v) is 16.9. The number of carbonyl (C=O) groups is 1. The lowest BCUT2D eigenvalue weighted by Crippen LogP contribution is -2.42. The lowest BCUT2D eigenvalue weighted by atomic mass is 9.92. The Morgan fingerprint density at radius 1 is 1.14 bits per heavy atom. The highest BCUT2D eigenvalue weighted by molar-refractivity contribution is 6.34. The van der Waals surface area contributed by atoms with Gasteiger partial charge in [-0.25, -0.2) is 4.79 Å². The van der Waals surface area contributed by atoms with Crippen LogP contribution in [0.4, 0.5) is 13.2 Å². The van der Waals surface area contributed by atoms with Crippen LogP contribution < -0.4 is 5.48 Å². The highest BCUT2D eigenvalue weighted by Crippen LogP contribution is 2.48. The van der Waals surface area contributed by atoms with Gasteiger partial charge in [0, 0.05) is 21.7 Å². The number of hydroxylamine groups is 1. The molecule has 0 saturated heterocycles. The third-order valence-electron chi connectivity index (χ3n) is 3.77. The number of alkyl halides is 3. The molecule has 156 valence electrons. The van der Waals surface area contributed by atoms with E-state index in [4.69, 9.17) is 37.3 Å². The van der Waals surface area contributed by atoms with Gasteiger partial charge in [0.2, 0.25) is 11.4 Å². The molecule has 1 aliphatic rings. The van der Waals surface area contributed by atoms with Gasteiger partial charge in [0.05, 0.1) is 5.70 Å². The summed E-state index contributed by atoms with van der Waals surface area (Å²) in [5.41, 5.74) is -2.03. The molecular weight excluding hydrogens is 436 g/mol. The summed E-state index contributed by atoms with van der Waals surface area (Å²) in [4.78, 5) is 17.0. The van der Waals surface area contributed by atoms with Crippen molar-refractivity contribution in [3.8, 4) is 0 Å². The normalized spacial score (nSPS) is 19.7. The smallest absolute Gasteiger partial charge is 0.428 e. The maximum Gasteiger partial charge on any atom is 0.428 e. The molecule has 11 heteroatoms. The fourth-order valence-corrected chi connectivity index (χ4v) is 3.09. The predicted octanol–water partition coefficient (Wildman–Crippen LogP) is 5.27. The Hall–Kier alpha value is -2.23. The Morgan fingerprint density at radius 2 is 1.76 bits per heavy atom. The fourth-order valence-electron chi connectivity index (χ4n) is 2.56. The number of ether oxygens (including phenoxy) is 1. The molecule has 0 bridgehead atoms. The van der Waals surface area contributed by atoms with Gasteiger partial charge in [-0.2, -0.15) is 13.2 Å². The van der Waals surface area contributed by atoms with Crippen LogP contribution in [0.1, 0.15) is 42.6 Å². The third kappa shape index (κ3) is 4.36. The summed E-state index contributed by atoms with van der Waals surface area (Å²) in [6.07, 6.45) is -4.10. The molecule has 0 aliphatic carbocycles. The second-order valence-corrected chi connectivity index (χ2v) is 8.10. The van der Waals surface area contributed by atoms with Crippen molar-refractivity contribution in [2.24, 2.45) is 0 Å². The van der Waals surface area contributed by atoms with Gasteiger partial charge in [-0.3, -0.25) is 10.3 Å². The molecular formula is C18H15Cl2F3N2O4. The summed E-state index contributed by atoms with van der Waals surface area (Å²) in [7, 11) is 0. The molecule has 1 aromatic heterocycles. The van der Waals surface area contributed by atoms with Crippen LogP contribution in [0.5, 0.6) is 0 Å². The lowest BCUT2D eigenvalue weighted by Gasteiger charge is -2.28. The second-order valence-electron chi connectivity index (χ2n) is 7.23. The van der Waals surface area contributed by atoms with Gasteiger partial charge >= 0.3 is 12.1 Å². The van der Waals surface area contributed by atoms with E-state index < -0.39 is 23.3 Å². The Balaban J connectivity index is 1.99. The van der Waals surface area contributed by atoms with E-state index in [0.29, 0.717) is 0 Å². The molecule has 1 aromatic carbocycles. The topological polar surface area (TPSA) is 73.6 Å². The van der Waals surface area contributed by atoms with Crippen molar-refractivity contribution in [2.75, 3.05) is 0 Å². The Kier molecular flexibility index (Phi) is 5.35. The quantitative estimate of drug-likeness (QED) is 0.642. The number of hydrogen-bond acceptors (Lipinski definition) is 6. The largest absolute Gasteiger partial charge is 0.454 e. The first-order valence-electron chi connectivity index (χ1n) is 8.21. The summed E-state index contributed by atoms with van der Waals surface area (Å²) in [6.45, 7) is 4.97. The van der Waals surface area contributed by atoms with Crippen molar-refractivity contribution in [2.45, 2.75) is 38.1 Å². The lowest BCUT2D eigenvalue weighted by molar-refractivity contribution is -0.269. The molecule has 0 fully saturated rings. The van der Waals surface area contributed by atoms with E-state index >= 15 is 0 Å².